The third kappa shape index (κ3) is 3.69. The van der Waals surface area contributed by atoms with Crippen LogP contribution in [0.25, 0.3) is 22.3 Å². The number of fused-ring (bicyclic) bond motifs is 1. The lowest BCUT2D eigenvalue weighted by Crippen LogP contribution is -2.25. The van der Waals surface area contributed by atoms with Crippen LogP contribution in [0.4, 0.5) is 4.39 Å². The molecule has 0 radical (unpaired) electrons. The zero-order valence-corrected chi connectivity index (χ0v) is 14.3. The van der Waals surface area contributed by atoms with Crippen LogP contribution in [0.3, 0.4) is 0 Å². The number of hydrogen-bond donors (Lipinski definition) is 1. The highest BCUT2D eigenvalue weighted by Crippen LogP contribution is 2.25. The average Bonchev–Trinajstić information content (AvgIpc) is 3.03. The molecule has 5 nitrogen and oxygen atoms in total. The first-order valence-corrected chi connectivity index (χ1v) is 8.09. The first-order valence-electron chi connectivity index (χ1n) is 8.09. The Hall–Kier alpha value is -2.73. The minimum atomic E-state index is -0.394. The molecule has 0 fully saturated rings. The van der Waals surface area contributed by atoms with Gasteiger partial charge >= 0.3 is 0 Å². The average molecular weight is 341 g/mol. The largest absolute Gasteiger partial charge is 0.385 e. The van der Waals surface area contributed by atoms with Gasteiger partial charge in [0.05, 0.1) is 22.5 Å². The quantitative estimate of drug-likeness (QED) is 0.701. The van der Waals surface area contributed by atoms with Crippen molar-refractivity contribution in [3.8, 4) is 11.4 Å². The van der Waals surface area contributed by atoms with Crippen LogP contribution < -0.4 is 5.32 Å². The van der Waals surface area contributed by atoms with Gasteiger partial charge in [-0.25, -0.2) is 9.37 Å². The van der Waals surface area contributed by atoms with Crippen molar-refractivity contribution in [1.29, 1.82) is 0 Å². The molecule has 3 aromatic rings. The maximum Gasteiger partial charge on any atom is 0.252 e. The highest BCUT2D eigenvalue weighted by atomic mass is 19.1. The number of nitrogens with zero attached hydrogens (tertiary/aromatic N) is 2. The zero-order chi connectivity index (χ0) is 17.8. The molecule has 0 bridgehead atoms. The van der Waals surface area contributed by atoms with Gasteiger partial charge in [0.1, 0.15) is 5.82 Å². The van der Waals surface area contributed by atoms with E-state index in [9.17, 15) is 9.18 Å². The number of carbonyl (C=O) groups excluding carboxylic acids is 1. The molecule has 0 unspecified atom stereocenters. The number of methoxy groups -OCH3 is 1. The number of carbonyl (C=O) groups is 1. The van der Waals surface area contributed by atoms with Crippen LogP contribution in [0.1, 0.15) is 16.8 Å². The molecule has 1 N–H and O–H groups in total. The maximum absolute atomic E-state index is 13.7. The van der Waals surface area contributed by atoms with Crippen LogP contribution in [-0.4, -0.2) is 35.7 Å². The van der Waals surface area contributed by atoms with E-state index in [4.69, 9.17) is 4.74 Å². The number of hydrogen-bond acceptors (Lipinski definition) is 3. The van der Waals surface area contributed by atoms with Crippen LogP contribution in [0.5, 0.6) is 0 Å². The molecule has 0 aliphatic rings. The molecule has 6 heteroatoms. The predicted molar refractivity (Wildman–Crippen MR) is 94.9 cm³/mol. The van der Waals surface area contributed by atoms with Crippen molar-refractivity contribution in [3.63, 3.8) is 0 Å². The van der Waals surface area contributed by atoms with Gasteiger partial charge in [-0.3, -0.25) is 4.79 Å². The molecule has 0 saturated heterocycles. The monoisotopic (exact) mass is 341 g/mol. The van der Waals surface area contributed by atoms with Gasteiger partial charge in [-0.15, -0.1) is 0 Å². The van der Waals surface area contributed by atoms with Crippen LogP contribution in [0, 0.1) is 5.82 Å². The summed E-state index contributed by atoms with van der Waals surface area (Å²) in [5, 5.41) is 3.36. The standard InChI is InChI=1S/C19H20FN3O2/c1-23-9-3-5-18(23)17-12-15(19(24)21-8-4-10-25-2)14-11-13(20)6-7-16(14)22-17/h3,5-7,9,11-12H,4,8,10H2,1-2H3,(H,21,24). The second-order valence-corrected chi connectivity index (χ2v) is 5.82. The molecule has 2 aromatic heterocycles. The summed E-state index contributed by atoms with van der Waals surface area (Å²) in [6.07, 6.45) is 2.63. The fourth-order valence-corrected chi connectivity index (χ4v) is 2.76. The molecule has 0 aliphatic heterocycles. The lowest BCUT2D eigenvalue weighted by atomic mass is 10.1. The van der Waals surface area contributed by atoms with E-state index >= 15 is 0 Å². The molecule has 0 spiro atoms. The normalized spacial score (nSPS) is 11.0. The molecule has 25 heavy (non-hydrogen) atoms. The highest BCUT2D eigenvalue weighted by Gasteiger charge is 2.15. The molecule has 0 atom stereocenters. The Kier molecular flexibility index (Phi) is 5.09. The second kappa shape index (κ2) is 7.44. The van der Waals surface area contributed by atoms with E-state index < -0.39 is 5.82 Å². The van der Waals surface area contributed by atoms with Crippen LogP contribution in [0.2, 0.25) is 0 Å². The first-order chi connectivity index (χ1) is 12.1. The van der Waals surface area contributed by atoms with E-state index in [1.165, 1.54) is 12.1 Å². The van der Waals surface area contributed by atoms with Gasteiger partial charge in [0.2, 0.25) is 0 Å². The minimum Gasteiger partial charge on any atom is -0.385 e. The fraction of sp³-hybridized carbons (Fsp3) is 0.263. The predicted octanol–water partition coefficient (Wildman–Crippen LogP) is 3.15. The summed E-state index contributed by atoms with van der Waals surface area (Å²) >= 11 is 0. The van der Waals surface area contributed by atoms with Gasteiger partial charge in [-0.2, -0.15) is 0 Å². The van der Waals surface area contributed by atoms with Gasteiger partial charge in [0, 0.05) is 38.9 Å². The Morgan fingerprint density at radius 3 is 2.88 bits per heavy atom. The van der Waals surface area contributed by atoms with Gasteiger partial charge < -0.3 is 14.6 Å². The smallest absolute Gasteiger partial charge is 0.252 e. The van der Waals surface area contributed by atoms with Crippen molar-refractivity contribution >= 4 is 16.8 Å². The first kappa shape index (κ1) is 17.1. The molecule has 1 aromatic carbocycles. The molecule has 2 heterocycles. The SMILES string of the molecule is COCCCNC(=O)c1cc(-c2cccn2C)nc2ccc(F)cc12. The zero-order valence-electron chi connectivity index (χ0n) is 14.3. The molecular formula is C19H20FN3O2. The topological polar surface area (TPSA) is 56.1 Å². The van der Waals surface area contributed by atoms with E-state index in [2.05, 4.69) is 10.3 Å². The molecule has 0 saturated carbocycles. The van der Waals surface area contributed by atoms with Crippen LogP contribution in [0.15, 0.2) is 42.6 Å². The van der Waals surface area contributed by atoms with Crippen LogP contribution in [-0.2, 0) is 11.8 Å². The maximum atomic E-state index is 13.7. The van der Waals surface area contributed by atoms with Crippen molar-refractivity contribution in [1.82, 2.24) is 14.9 Å². The Morgan fingerprint density at radius 1 is 1.32 bits per heavy atom. The van der Waals surface area contributed by atoms with Gasteiger partial charge in [-0.1, -0.05) is 0 Å². The number of aromatic nitrogens is 2. The molecule has 3 rings (SSSR count). The number of rotatable bonds is 6. The van der Waals surface area contributed by atoms with Gasteiger partial charge in [0.15, 0.2) is 0 Å². The van der Waals surface area contributed by atoms with E-state index in [-0.39, 0.29) is 5.91 Å². The summed E-state index contributed by atoms with van der Waals surface area (Å²) in [5.74, 6) is -0.640. The van der Waals surface area contributed by atoms with Gasteiger partial charge in [-0.05, 0) is 42.8 Å². The number of halogens is 1. The third-order valence-corrected chi connectivity index (χ3v) is 4.03. The Balaban J connectivity index is 2.03. The number of ether oxygens (including phenoxy) is 1. The summed E-state index contributed by atoms with van der Waals surface area (Å²) in [5.41, 5.74) is 2.56. The Bertz CT molecular complexity index is 905. The van der Waals surface area contributed by atoms with Crippen molar-refractivity contribution in [2.75, 3.05) is 20.3 Å². The number of amides is 1. The highest BCUT2D eigenvalue weighted by molar-refractivity contribution is 6.07. The van der Waals surface area contributed by atoms with Crippen molar-refractivity contribution in [2.45, 2.75) is 6.42 Å². The molecule has 130 valence electrons. The molecule has 1 amide bonds. The molecular weight excluding hydrogens is 321 g/mol. The number of pyridine rings is 1. The summed E-state index contributed by atoms with van der Waals surface area (Å²) in [6.45, 7) is 1.06. The van der Waals surface area contributed by atoms with E-state index in [0.29, 0.717) is 41.7 Å². The fourth-order valence-electron chi connectivity index (χ4n) is 2.76. The van der Waals surface area contributed by atoms with E-state index in [0.717, 1.165) is 5.69 Å². The van der Waals surface area contributed by atoms with Crippen molar-refractivity contribution in [3.05, 3.63) is 54.0 Å². The van der Waals surface area contributed by atoms with Gasteiger partial charge in [0.25, 0.3) is 5.91 Å². The summed E-state index contributed by atoms with van der Waals surface area (Å²) in [4.78, 5) is 17.2. The summed E-state index contributed by atoms with van der Waals surface area (Å²) in [6, 6.07) is 9.85. The van der Waals surface area contributed by atoms with E-state index in [1.807, 2.05) is 29.9 Å². The lowest BCUT2D eigenvalue weighted by Gasteiger charge is -2.11. The lowest BCUT2D eigenvalue weighted by molar-refractivity contribution is 0.0950. The molecule has 0 aliphatic carbocycles. The van der Waals surface area contributed by atoms with E-state index in [1.54, 1.807) is 19.2 Å². The Labute approximate surface area is 145 Å². The van der Waals surface area contributed by atoms with Crippen molar-refractivity contribution < 1.29 is 13.9 Å². The summed E-state index contributed by atoms with van der Waals surface area (Å²) in [7, 11) is 3.53. The minimum absolute atomic E-state index is 0.246. The summed E-state index contributed by atoms with van der Waals surface area (Å²) < 4.78 is 20.6. The number of nitrogens with one attached hydrogen (secondary N) is 1. The number of aryl methyl sites for hydroxylation is 1. The Morgan fingerprint density at radius 2 is 2.16 bits per heavy atom. The second-order valence-electron chi connectivity index (χ2n) is 5.82. The third-order valence-electron chi connectivity index (χ3n) is 4.03. The van der Waals surface area contributed by atoms with Crippen molar-refractivity contribution in [2.24, 2.45) is 7.05 Å². The number of benzene rings is 1. The van der Waals surface area contributed by atoms with Crippen LogP contribution >= 0.6 is 0 Å².